The lowest BCUT2D eigenvalue weighted by atomic mass is 10.1. The summed E-state index contributed by atoms with van der Waals surface area (Å²) in [6, 6.07) is 7.83. The van der Waals surface area contributed by atoms with Crippen LogP contribution in [0.2, 0.25) is 0 Å². The fourth-order valence-corrected chi connectivity index (χ4v) is 5.48. The molecular formula is C28H29FN6O4S. The van der Waals surface area contributed by atoms with Gasteiger partial charge in [0.2, 0.25) is 5.43 Å². The molecule has 4 aromatic rings. The molecule has 12 heteroatoms. The Kier molecular flexibility index (Phi) is 6.67. The number of hydrogen-bond donors (Lipinski definition) is 1. The van der Waals surface area contributed by atoms with Crippen LogP contribution in [0.4, 0.5) is 15.8 Å². The van der Waals surface area contributed by atoms with Crippen molar-refractivity contribution in [2.24, 2.45) is 0 Å². The highest BCUT2D eigenvalue weighted by Crippen LogP contribution is 2.42. The zero-order chi connectivity index (χ0) is 28.1. The number of Topliss-reactive ketones (excluding diaryl/α,β-unsaturated/α-hetero) is 1. The molecule has 208 valence electrons. The molecule has 0 amide bonds. The zero-order valence-corrected chi connectivity index (χ0v) is 23.0. The van der Waals surface area contributed by atoms with Gasteiger partial charge in [-0.05, 0) is 56.5 Å². The van der Waals surface area contributed by atoms with E-state index in [4.69, 9.17) is 27.1 Å². The quantitative estimate of drug-likeness (QED) is 0.212. The minimum absolute atomic E-state index is 0.0179. The Morgan fingerprint density at radius 3 is 2.65 bits per heavy atom. The Morgan fingerprint density at radius 2 is 1.93 bits per heavy atom. The number of pyridine rings is 1. The fraction of sp³-hybridized carbons (Fsp3) is 0.357. The molecule has 2 aliphatic heterocycles. The smallest absolute Gasteiger partial charge is 0.287 e. The van der Waals surface area contributed by atoms with Gasteiger partial charge in [-0.1, -0.05) is 0 Å². The van der Waals surface area contributed by atoms with Gasteiger partial charge in [0.05, 0.1) is 23.5 Å². The van der Waals surface area contributed by atoms with Crippen molar-refractivity contribution in [1.29, 1.82) is 0 Å². The number of anilines is 2. The number of carbonyl (C=O) groups is 1. The fourth-order valence-electron chi connectivity index (χ4n) is 5.27. The van der Waals surface area contributed by atoms with Gasteiger partial charge in [-0.2, -0.15) is 0 Å². The van der Waals surface area contributed by atoms with Gasteiger partial charge >= 0.3 is 0 Å². The zero-order valence-electron chi connectivity index (χ0n) is 22.2. The second-order valence-electron chi connectivity index (χ2n) is 10.4. The number of rotatable bonds is 6. The van der Waals surface area contributed by atoms with E-state index in [2.05, 4.69) is 10.00 Å². The third-order valence-electron chi connectivity index (χ3n) is 7.58. The second kappa shape index (κ2) is 10.2. The summed E-state index contributed by atoms with van der Waals surface area (Å²) >= 11 is 5.34. The Bertz CT molecular complexity index is 1740. The number of carbonyl (C=O) groups excluding carboxylic acids is 1. The van der Waals surface area contributed by atoms with Gasteiger partial charge in [0.15, 0.2) is 17.3 Å². The minimum Gasteiger partial charge on any atom is -0.487 e. The highest BCUT2D eigenvalue weighted by Gasteiger charge is 2.31. The molecule has 0 radical (unpaired) electrons. The molecule has 2 N–H and O–H groups in total. The molecule has 4 heterocycles. The third-order valence-corrected chi connectivity index (χ3v) is 7.88. The van der Waals surface area contributed by atoms with Crippen LogP contribution in [0, 0.1) is 10.7 Å². The van der Waals surface area contributed by atoms with Gasteiger partial charge in [-0.25, -0.2) is 9.07 Å². The third kappa shape index (κ3) is 4.56. The van der Waals surface area contributed by atoms with Gasteiger partial charge in [0.1, 0.15) is 17.9 Å². The number of nitrogens with zero attached hydrogens (tertiary/aromatic N) is 5. The summed E-state index contributed by atoms with van der Waals surface area (Å²) in [5.74, 6) is -0.206. The lowest BCUT2D eigenvalue weighted by Gasteiger charge is -2.37. The van der Waals surface area contributed by atoms with Gasteiger partial charge in [-0.15, -0.1) is 5.10 Å². The minimum atomic E-state index is -0.505. The summed E-state index contributed by atoms with van der Waals surface area (Å²) in [4.78, 5) is 30.5. The van der Waals surface area contributed by atoms with Gasteiger partial charge in [0.25, 0.3) is 10.7 Å². The van der Waals surface area contributed by atoms with E-state index in [9.17, 15) is 9.59 Å². The first kappa shape index (κ1) is 26.2. The molecule has 1 saturated heterocycles. The summed E-state index contributed by atoms with van der Waals surface area (Å²) in [5, 5.41) is 4.60. The number of aromatic nitrogens is 3. The van der Waals surface area contributed by atoms with E-state index in [0.717, 1.165) is 13.1 Å². The van der Waals surface area contributed by atoms with Crippen LogP contribution in [-0.4, -0.2) is 64.9 Å². The molecule has 1 atom stereocenters. The largest absolute Gasteiger partial charge is 0.487 e. The van der Waals surface area contributed by atoms with E-state index in [1.807, 2.05) is 23.4 Å². The molecule has 40 heavy (non-hydrogen) atoms. The number of nitrogens with two attached hydrogens (primary N) is 1. The Morgan fingerprint density at radius 1 is 1.20 bits per heavy atom. The van der Waals surface area contributed by atoms with Gasteiger partial charge < -0.3 is 29.3 Å². The van der Waals surface area contributed by atoms with Crippen molar-refractivity contribution in [2.75, 3.05) is 50.5 Å². The Labute approximate surface area is 234 Å². The van der Waals surface area contributed by atoms with E-state index in [-0.39, 0.29) is 46.5 Å². The molecule has 0 aliphatic carbocycles. The predicted octanol–water partition coefficient (Wildman–Crippen LogP) is 3.89. The maximum Gasteiger partial charge on any atom is 0.287 e. The maximum atomic E-state index is 15.6. The molecule has 0 saturated carbocycles. The molecule has 1 fully saturated rings. The monoisotopic (exact) mass is 564 g/mol. The van der Waals surface area contributed by atoms with E-state index >= 15 is 4.39 Å². The normalized spacial score (nSPS) is 17.3. The summed E-state index contributed by atoms with van der Waals surface area (Å²) < 4.78 is 30.7. The number of aryl methyl sites for hydroxylation is 1. The van der Waals surface area contributed by atoms with Crippen molar-refractivity contribution in [3.63, 3.8) is 0 Å². The van der Waals surface area contributed by atoms with Crippen LogP contribution in [0.25, 0.3) is 22.4 Å². The summed E-state index contributed by atoms with van der Waals surface area (Å²) in [7, 11) is 2.04. The lowest BCUT2D eigenvalue weighted by molar-refractivity contribution is 0.0975. The van der Waals surface area contributed by atoms with E-state index < -0.39 is 11.2 Å². The first-order valence-corrected chi connectivity index (χ1v) is 13.6. The van der Waals surface area contributed by atoms with Crippen LogP contribution >= 0.6 is 12.2 Å². The number of likely N-dealkylation sites (N-methyl/N-ethyl adjacent to an activating group) is 1. The molecule has 2 aromatic heterocycles. The first-order chi connectivity index (χ1) is 19.2. The SMILES string of the molecule is CC1COc2c(N3CCN(C)CC3)c(F)cc3c(=O)c(-c4nn(CCC(=O)c5ccc(N)cc5)c(=S)o4)cn1c23. The van der Waals surface area contributed by atoms with E-state index in [0.29, 0.717) is 47.9 Å². The van der Waals surface area contributed by atoms with Crippen molar-refractivity contribution < 1.29 is 18.3 Å². The second-order valence-corrected chi connectivity index (χ2v) is 10.7. The van der Waals surface area contributed by atoms with Crippen LogP contribution in [0.5, 0.6) is 5.75 Å². The highest BCUT2D eigenvalue weighted by molar-refractivity contribution is 7.71. The number of benzene rings is 2. The number of ether oxygens (including phenoxy) is 1. The van der Waals surface area contributed by atoms with Crippen LogP contribution in [-0.2, 0) is 6.54 Å². The highest BCUT2D eigenvalue weighted by atomic mass is 32.1. The molecule has 0 spiro atoms. The summed E-state index contributed by atoms with van der Waals surface area (Å²) in [6.07, 6.45) is 1.81. The number of ketones is 1. The average molecular weight is 565 g/mol. The first-order valence-electron chi connectivity index (χ1n) is 13.2. The van der Waals surface area contributed by atoms with Crippen molar-refractivity contribution in [1.82, 2.24) is 19.2 Å². The Hall–Kier alpha value is -4.03. The average Bonchev–Trinajstić information content (AvgIpc) is 3.31. The molecular weight excluding hydrogens is 535 g/mol. The summed E-state index contributed by atoms with van der Waals surface area (Å²) in [6.45, 7) is 5.38. The van der Waals surface area contributed by atoms with Crippen molar-refractivity contribution >= 4 is 40.3 Å². The van der Waals surface area contributed by atoms with Crippen LogP contribution in [0.3, 0.4) is 0 Å². The number of hydrogen-bond acceptors (Lipinski definition) is 9. The van der Waals surface area contributed by atoms with E-state index in [1.54, 1.807) is 30.5 Å². The molecule has 2 aromatic carbocycles. The topological polar surface area (TPSA) is 112 Å². The molecule has 0 bridgehead atoms. The van der Waals surface area contributed by atoms with Crippen LogP contribution in [0.1, 0.15) is 29.7 Å². The van der Waals surface area contributed by atoms with E-state index in [1.165, 1.54) is 10.7 Å². The maximum absolute atomic E-state index is 15.6. The number of nitrogen functional groups attached to an aromatic ring is 1. The summed E-state index contributed by atoms with van der Waals surface area (Å²) in [5.41, 5.74) is 7.47. The van der Waals surface area contributed by atoms with Crippen LogP contribution < -0.4 is 20.8 Å². The van der Waals surface area contributed by atoms with Gasteiger partial charge in [0, 0.05) is 50.0 Å². The van der Waals surface area contributed by atoms with Crippen molar-refractivity contribution in [3.05, 3.63) is 63.0 Å². The Balaban J connectivity index is 1.37. The molecule has 2 aliphatic rings. The van der Waals surface area contributed by atoms with Crippen molar-refractivity contribution in [3.8, 4) is 17.2 Å². The predicted molar refractivity (Wildman–Crippen MR) is 152 cm³/mol. The molecule has 1 unspecified atom stereocenters. The molecule has 10 nitrogen and oxygen atoms in total. The standard InChI is InChI=1S/C28H29FN6O4S/c1-16-15-38-26-23-19(13-21(29)24(26)33-11-9-32(2)10-12-33)25(37)20(14-34(16)23)27-31-35(28(40)39-27)8-7-22(36)17-3-5-18(30)6-4-17/h3-6,13-14,16H,7-12,15,30H2,1-2H3. The number of halogens is 1. The van der Waals surface area contributed by atoms with Gasteiger partial charge in [-0.3, -0.25) is 9.59 Å². The molecule has 6 rings (SSSR count). The number of piperazine rings is 1. The lowest BCUT2D eigenvalue weighted by Crippen LogP contribution is -2.45. The van der Waals surface area contributed by atoms with Crippen molar-refractivity contribution in [2.45, 2.75) is 25.9 Å². The van der Waals surface area contributed by atoms with Crippen LogP contribution in [0.15, 0.2) is 45.7 Å².